The highest BCUT2D eigenvalue weighted by molar-refractivity contribution is 7.89. The summed E-state index contributed by atoms with van der Waals surface area (Å²) in [6.45, 7) is 7.76. The van der Waals surface area contributed by atoms with E-state index in [4.69, 9.17) is 9.47 Å². The SMILES string of the molecule is CCN(CC)S(=O)(=O)c1ccc(OC(C)C)c(NC(=O)COc2ccccc2)c1. The molecule has 0 aromatic heterocycles. The fourth-order valence-corrected chi connectivity index (χ4v) is 4.17. The van der Waals surface area contributed by atoms with Crippen molar-refractivity contribution in [3.8, 4) is 11.5 Å². The largest absolute Gasteiger partial charge is 0.489 e. The van der Waals surface area contributed by atoms with Gasteiger partial charge in [-0.2, -0.15) is 4.31 Å². The van der Waals surface area contributed by atoms with E-state index in [1.165, 1.54) is 16.4 Å². The number of nitrogens with zero attached hydrogens (tertiary/aromatic N) is 1. The van der Waals surface area contributed by atoms with Gasteiger partial charge in [0.1, 0.15) is 11.5 Å². The van der Waals surface area contributed by atoms with Gasteiger partial charge in [0.25, 0.3) is 5.91 Å². The first kappa shape index (κ1) is 22.7. The summed E-state index contributed by atoms with van der Waals surface area (Å²) < 4.78 is 38.2. The van der Waals surface area contributed by atoms with Gasteiger partial charge in [0.15, 0.2) is 6.61 Å². The molecule has 0 heterocycles. The van der Waals surface area contributed by atoms with Gasteiger partial charge in [0, 0.05) is 13.1 Å². The number of anilines is 1. The predicted octanol–water partition coefficient (Wildman–Crippen LogP) is 3.52. The molecule has 0 aliphatic heterocycles. The Morgan fingerprint density at radius 1 is 1.07 bits per heavy atom. The van der Waals surface area contributed by atoms with Crippen LogP contribution in [0.1, 0.15) is 27.7 Å². The Morgan fingerprint density at radius 2 is 1.72 bits per heavy atom. The van der Waals surface area contributed by atoms with Gasteiger partial charge >= 0.3 is 0 Å². The standard InChI is InChI=1S/C21H28N2O5S/c1-5-23(6-2)29(25,26)18-12-13-20(28-16(3)4)19(14-18)22-21(24)15-27-17-10-8-7-9-11-17/h7-14,16H,5-6,15H2,1-4H3,(H,22,24). The van der Waals surface area contributed by atoms with Crippen molar-refractivity contribution in [3.05, 3.63) is 48.5 Å². The molecule has 0 unspecified atom stereocenters. The number of carbonyl (C=O) groups excluding carboxylic acids is 1. The van der Waals surface area contributed by atoms with Crippen LogP contribution in [0.25, 0.3) is 0 Å². The molecular weight excluding hydrogens is 392 g/mol. The molecule has 7 nitrogen and oxygen atoms in total. The van der Waals surface area contributed by atoms with Crippen LogP contribution in [0.2, 0.25) is 0 Å². The van der Waals surface area contributed by atoms with E-state index in [2.05, 4.69) is 5.32 Å². The van der Waals surface area contributed by atoms with Crippen molar-refractivity contribution in [2.45, 2.75) is 38.7 Å². The summed E-state index contributed by atoms with van der Waals surface area (Å²) in [5, 5.41) is 2.70. The Morgan fingerprint density at radius 3 is 2.31 bits per heavy atom. The van der Waals surface area contributed by atoms with Gasteiger partial charge in [0.2, 0.25) is 10.0 Å². The number of hydrogen-bond donors (Lipinski definition) is 1. The van der Waals surface area contributed by atoms with Crippen LogP contribution in [-0.4, -0.2) is 44.4 Å². The lowest BCUT2D eigenvalue weighted by Crippen LogP contribution is -2.30. The van der Waals surface area contributed by atoms with Gasteiger partial charge < -0.3 is 14.8 Å². The molecule has 0 fully saturated rings. The van der Waals surface area contributed by atoms with Crippen molar-refractivity contribution < 1.29 is 22.7 Å². The van der Waals surface area contributed by atoms with E-state index in [9.17, 15) is 13.2 Å². The normalized spacial score (nSPS) is 11.5. The van der Waals surface area contributed by atoms with Gasteiger partial charge in [0.05, 0.1) is 16.7 Å². The fraction of sp³-hybridized carbons (Fsp3) is 0.381. The summed E-state index contributed by atoms with van der Waals surface area (Å²) in [4.78, 5) is 12.5. The summed E-state index contributed by atoms with van der Waals surface area (Å²) in [5.74, 6) is 0.547. The molecule has 0 radical (unpaired) electrons. The van der Waals surface area contributed by atoms with Gasteiger partial charge in [-0.25, -0.2) is 8.42 Å². The van der Waals surface area contributed by atoms with Gasteiger partial charge in [-0.3, -0.25) is 4.79 Å². The number of amides is 1. The molecule has 0 spiro atoms. The molecule has 2 aromatic rings. The third kappa shape index (κ3) is 6.20. The van der Waals surface area contributed by atoms with Crippen molar-refractivity contribution in [2.75, 3.05) is 25.0 Å². The molecule has 0 saturated carbocycles. The van der Waals surface area contributed by atoms with E-state index < -0.39 is 15.9 Å². The molecule has 158 valence electrons. The minimum atomic E-state index is -3.66. The number of ether oxygens (including phenoxy) is 2. The summed E-state index contributed by atoms with van der Waals surface area (Å²) >= 11 is 0. The Hall–Kier alpha value is -2.58. The van der Waals surface area contributed by atoms with Crippen LogP contribution in [0.5, 0.6) is 11.5 Å². The van der Waals surface area contributed by atoms with Crippen LogP contribution in [0.3, 0.4) is 0 Å². The van der Waals surface area contributed by atoms with E-state index in [-0.39, 0.29) is 23.3 Å². The zero-order valence-corrected chi connectivity index (χ0v) is 18.0. The van der Waals surface area contributed by atoms with E-state index in [1.54, 1.807) is 32.0 Å². The number of sulfonamides is 1. The molecule has 2 rings (SSSR count). The van der Waals surface area contributed by atoms with Crippen LogP contribution in [0, 0.1) is 0 Å². The molecule has 0 aliphatic carbocycles. The minimum Gasteiger partial charge on any atom is -0.489 e. The van der Waals surface area contributed by atoms with Crippen LogP contribution in [0.15, 0.2) is 53.4 Å². The van der Waals surface area contributed by atoms with Crippen molar-refractivity contribution in [1.82, 2.24) is 4.31 Å². The Bertz CT molecular complexity index is 910. The quantitative estimate of drug-likeness (QED) is 0.636. The van der Waals surface area contributed by atoms with Crippen LogP contribution in [0.4, 0.5) is 5.69 Å². The molecule has 0 bridgehead atoms. The zero-order valence-electron chi connectivity index (χ0n) is 17.2. The number of para-hydroxylation sites is 1. The number of benzene rings is 2. The lowest BCUT2D eigenvalue weighted by Gasteiger charge is -2.20. The fourth-order valence-electron chi connectivity index (χ4n) is 2.69. The molecule has 0 aliphatic rings. The van der Waals surface area contributed by atoms with Crippen LogP contribution >= 0.6 is 0 Å². The summed E-state index contributed by atoms with van der Waals surface area (Å²) in [7, 11) is -3.66. The second kappa shape index (κ2) is 10.3. The number of carbonyl (C=O) groups is 1. The number of hydrogen-bond acceptors (Lipinski definition) is 5. The van der Waals surface area contributed by atoms with Gasteiger partial charge in [-0.05, 0) is 44.2 Å². The maximum Gasteiger partial charge on any atom is 0.262 e. The van der Waals surface area contributed by atoms with E-state index in [0.717, 1.165) is 0 Å². The van der Waals surface area contributed by atoms with Crippen molar-refractivity contribution >= 4 is 21.6 Å². The van der Waals surface area contributed by atoms with Crippen molar-refractivity contribution in [2.24, 2.45) is 0 Å². The Kier molecular flexibility index (Phi) is 8.04. The second-order valence-electron chi connectivity index (χ2n) is 6.56. The van der Waals surface area contributed by atoms with Crippen LogP contribution in [-0.2, 0) is 14.8 Å². The second-order valence-corrected chi connectivity index (χ2v) is 8.50. The Balaban J connectivity index is 2.25. The third-order valence-corrected chi connectivity index (χ3v) is 6.09. The molecule has 1 N–H and O–H groups in total. The van der Waals surface area contributed by atoms with E-state index in [1.807, 2.05) is 32.0 Å². The maximum absolute atomic E-state index is 12.8. The highest BCUT2D eigenvalue weighted by atomic mass is 32.2. The first-order chi connectivity index (χ1) is 13.8. The van der Waals surface area contributed by atoms with Crippen molar-refractivity contribution in [1.29, 1.82) is 0 Å². The molecule has 0 atom stereocenters. The smallest absolute Gasteiger partial charge is 0.262 e. The highest BCUT2D eigenvalue weighted by Crippen LogP contribution is 2.30. The third-order valence-electron chi connectivity index (χ3n) is 4.04. The molecule has 29 heavy (non-hydrogen) atoms. The maximum atomic E-state index is 12.8. The summed E-state index contributed by atoms with van der Waals surface area (Å²) in [5.41, 5.74) is 0.286. The Labute approximate surface area is 172 Å². The number of nitrogens with one attached hydrogen (secondary N) is 1. The molecular formula is C21H28N2O5S. The van der Waals surface area contributed by atoms with Crippen molar-refractivity contribution in [3.63, 3.8) is 0 Å². The topological polar surface area (TPSA) is 84.9 Å². The summed E-state index contributed by atoms with van der Waals surface area (Å²) in [6, 6.07) is 13.4. The molecule has 8 heteroatoms. The highest BCUT2D eigenvalue weighted by Gasteiger charge is 2.23. The first-order valence-electron chi connectivity index (χ1n) is 9.56. The molecule has 2 aromatic carbocycles. The first-order valence-corrected chi connectivity index (χ1v) is 11.0. The zero-order chi connectivity index (χ0) is 21.4. The number of rotatable bonds is 10. The van der Waals surface area contributed by atoms with Gasteiger partial charge in [-0.1, -0.05) is 32.0 Å². The van der Waals surface area contributed by atoms with Gasteiger partial charge in [-0.15, -0.1) is 0 Å². The lowest BCUT2D eigenvalue weighted by atomic mass is 10.3. The van der Waals surface area contributed by atoms with E-state index >= 15 is 0 Å². The lowest BCUT2D eigenvalue weighted by molar-refractivity contribution is -0.118. The predicted molar refractivity (Wildman–Crippen MR) is 113 cm³/mol. The van der Waals surface area contributed by atoms with E-state index in [0.29, 0.717) is 24.6 Å². The molecule has 1 amide bonds. The van der Waals surface area contributed by atoms with Crippen LogP contribution < -0.4 is 14.8 Å². The monoisotopic (exact) mass is 420 g/mol. The summed E-state index contributed by atoms with van der Waals surface area (Å²) in [6.07, 6.45) is -0.142. The average molecular weight is 421 g/mol. The average Bonchev–Trinajstić information content (AvgIpc) is 2.69. The molecule has 0 saturated heterocycles. The minimum absolute atomic E-state index is 0.0941.